The van der Waals surface area contributed by atoms with Crippen molar-refractivity contribution in [1.82, 2.24) is 0 Å². The van der Waals surface area contributed by atoms with Crippen LogP contribution in [-0.2, 0) is 16.1 Å². The molecular weight excluding hydrogens is 291 g/mol. The van der Waals surface area contributed by atoms with E-state index in [1.807, 2.05) is 53.8 Å². The molecule has 2 nitrogen and oxygen atoms in total. The molecule has 0 aliphatic heterocycles. The Morgan fingerprint density at radius 3 is 2.79 bits per heavy atom. The van der Waals surface area contributed by atoms with Crippen LogP contribution in [0.4, 0.5) is 0 Å². The van der Waals surface area contributed by atoms with Crippen molar-refractivity contribution >= 4 is 28.4 Å². The predicted octanol–water partition coefficient (Wildman–Crippen LogP) is 2.52. The van der Waals surface area contributed by atoms with E-state index in [2.05, 4.69) is 0 Å². The predicted molar refractivity (Wildman–Crippen MR) is 64.7 cm³/mol. The van der Waals surface area contributed by atoms with Crippen LogP contribution in [0.25, 0.3) is 0 Å². The summed E-state index contributed by atoms with van der Waals surface area (Å²) in [6.07, 6.45) is 0. The number of aryl methyl sites for hydroxylation is 1. The molecule has 0 heterocycles. The molecule has 14 heavy (non-hydrogen) atoms. The minimum Gasteiger partial charge on any atom is -0.369 e. The summed E-state index contributed by atoms with van der Waals surface area (Å²) in [5, 5.41) is 0. The summed E-state index contributed by atoms with van der Waals surface area (Å²) in [7, 11) is 0. The molecule has 0 fully saturated rings. The van der Waals surface area contributed by atoms with Gasteiger partial charge in [-0.15, -0.1) is 0 Å². The van der Waals surface area contributed by atoms with Crippen LogP contribution in [-0.4, -0.2) is 16.8 Å². The molecule has 1 rings (SSSR count). The highest BCUT2D eigenvalue weighted by Crippen LogP contribution is 2.07. The van der Waals surface area contributed by atoms with E-state index in [0.29, 0.717) is 11.0 Å². The minimum atomic E-state index is 0.138. The first-order valence-electron chi connectivity index (χ1n) is 4.44. The van der Waals surface area contributed by atoms with Crippen molar-refractivity contribution in [3.63, 3.8) is 0 Å². The Labute approximate surface area is 97.8 Å². The van der Waals surface area contributed by atoms with E-state index in [9.17, 15) is 4.79 Å². The van der Waals surface area contributed by atoms with Gasteiger partial charge in [-0.25, -0.2) is 0 Å². The van der Waals surface area contributed by atoms with Crippen LogP contribution in [0.3, 0.4) is 0 Å². The summed E-state index contributed by atoms with van der Waals surface area (Å²) in [4.78, 5) is 11.0. The van der Waals surface area contributed by atoms with Crippen LogP contribution in [0.1, 0.15) is 11.1 Å². The zero-order valence-electron chi connectivity index (χ0n) is 8.13. The molecule has 0 aliphatic rings. The van der Waals surface area contributed by atoms with Gasteiger partial charge in [-0.2, -0.15) is 0 Å². The molecule has 3 heteroatoms. The lowest BCUT2D eigenvalue weighted by atomic mass is 10.1. The number of carbonyl (C=O) groups excluding carboxylic acids is 1. The molecule has 0 unspecified atom stereocenters. The number of rotatable bonds is 5. The average Bonchev–Trinajstić information content (AvgIpc) is 2.20. The van der Waals surface area contributed by atoms with Crippen molar-refractivity contribution in [3.8, 4) is 0 Å². The summed E-state index contributed by atoms with van der Waals surface area (Å²) in [5.41, 5.74) is 2.35. The van der Waals surface area contributed by atoms with E-state index in [0.717, 1.165) is 5.56 Å². The molecule has 76 valence electrons. The van der Waals surface area contributed by atoms with E-state index in [4.69, 9.17) is 4.74 Å². The van der Waals surface area contributed by atoms with E-state index in [1.54, 1.807) is 0 Å². The van der Waals surface area contributed by atoms with Gasteiger partial charge in [-0.05, 0) is 18.1 Å². The maximum Gasteiger partial charge on any atom is 0.168 e. The summed E-state index contributed by atoms with van der Waals surface area (Å²) >= 11 is 2.04. The quantitative estimate of drug-likeness (QED) is 0.617. The summed E-state index contributed by atoms with van der Waals surface area (Å²) < 4.78 is 5.82. The van der Waals surface area contributed by atoms with Crippen molar-refractivity contribution in [1.29, 1.82) is 0 Å². The summed E-state index contributed by atoms with van der Waals surface area (Å²) in [6.45, 7) is 2.78. The van der Waals surface area contributed by atoms with Crippen LogP contribution in [0, 0.1) is 6.92 Å². The lowest BCUT2D eigenvalue weighted by Crippen LogP contribution is -2.09. The number of alkyl halides is 1. The molecule has 1 aromatic carbocycles. The normalized spacial score (nSPS) is 10.1. The SMILES string of the molecule is Cc1ccccc1COCC(=O)CI. The molecule has 0 N–H and O–H groups in total. The third-order valence-corrected chi connectivity index (χ3v) is 2.78. The first-order chi connectivity index (χ1) is 6.74. The molecular formula is C11H13IO2. The number of halogens is 1. The summed E-state index contributed by atoms with van der Waals surface area (Å²) in [5.74, 6) is 0.138. The molecule has 0 aliphatic carbocycles. The summed E-state index contributed by atoms with van der Waals surface area (Å²) in [6, 6.07) is 8.03. The maximum absolute atomic E-state index is 11.0. The number of ether oxygens (including phenoxy) is 1. The van der Waals surface area contributed by atoms with Crippen LogP contribution < -0.4 is 0 Å². The third kappa shape index (κ3) is 3.75. The third-order valence-electron chi connectivity index (χ3n) is 1.93. The van der Waals surface area contributed by atoms with E-state index in [-0.39, 0.29) is 12.4 Å². The number of hydrogen-bond donors (Lipinski definition) is 0. The van der Waals surface area contributed by atoms with Crippen molar-refractivity contribution in [3.05, 3.63) is 35.4 Å². The zero-order valence-corrected chi connectivity index (χ0v) is 10.3. The van der Waals surface area contributed by atoms with Crippen LogP contribution in [0.5, 0.6) is 0 Å². The first kappa shape index (κ1) is 11.7. The second kappa shape index (κ2) is 6.14. The zero-order chi connectivity index (χ0) is 10.4. The van der Waals surface area contributed by atoms with Gasteiger partial charge in [0, 0.05) is 0 Å². The van der Waals surface area contributed by atoms with Gasteiger partial charge in [0.1, 0.15) is 6.61 Å². The van der Waals surface area contributed by atoms with Crippen molar-refractivity contribution in [2.24, 2.45) is 0 Å². The van der Waals surface area contributed by atoms with Gasteiger partial charge in [0.15, 0.2) is 5.78 Å². The van der Waals surface area contributed by atoms with E-state index < -0.39 is 0 Å². The highest BCUT2D eigenvalue weighted by Gasteiger charge is 2.00. The van der Waals surface area contributed by atoms with Crippen LogP contribution in [0.15, 0.2) is 24.3 Å². The Morgan fingerprint density at radius 1 is 1.43 bits per heavy atom. The largest absolute Gasteiger partial charge is 0.369 e. The second-order valence-corrected chi connectivity index (χ2v) is 3.85. The van der Waals surface area contributed by atoms with Gasteiger partial charge in [0.25, 0.3) is 0 Å². The van der Waals surface area contributed by atoms with Crippen LogP contribution in [0.2, 0.25) is 0 Å². The van der Waals surface area contributed by atoms with Crippen molar-refractivity contribution in [2.75, 3.05) is 11.0 Å². The molecule has 0 spiro atoms. The fourth-order valence-electron chi connectivity index (χ4n) is 1.09. The van der Waals surface area contributed by atoms with Crippen molar-refractivity contribution < 1.29 is 9.53 Å². The number of ketones is 1. The Hall–Kier alpha value is -0.420. The monoisotopic (exact) mass is 304 g/mol. The lowest BCUT2D eigenvalue weighted by Gasteiger charge is -2.05. The maximum atomic E-state index is 11.0. The number of Topliss-reactive ketones (excluding diaryl/α,β-unsaturated/α-hetero) is 1. The first-order valence-corrected chi connectivity index (χ1v) is 5.96. The molecule has 0 amide bonds. The minimum absolute atomic E-state index is 0.138. The Kier molecular flexibility index (Phi) is 5.11. The standard InChI is InChI=1S/C11H13IO2/c1-9-4-2-3-5-10(9)7-14-8-11(13)6-12/h2-5H,6-8H2,1H3. The Bertz CT molecular complexity index is 310. The highest BCUT2D eigenvalue weighted by atomic mass is 127. The fourth-order valence-corrected chi connectivity index (χ4v) is 1.31. The van der Waals surface area contributed by atoms with Gasteiger partial charge < -0.3 is 4.74 Å². The number of carbonyl (C=O) groups is 1. The van der Waals surface area contributed by atoms with E-state index >= 15 is 0 Å². The van der Waals surface area contributed by atoms with Gasteiger partial charge in [-0.3, -0.25) is 4.79 Å². The smallest absolute Gasteiger partial charge is 0.168 e. The van der Waals surface area contributed by atoms with Gasteiger partial charge in [-0.1, -0.05) is 46.9 Å². The van der Waals surface area contributed by atoms with Gasteiger partial charge in [0.05, 0.1) is 11.0 Å². The topological polar surface area (TPSA) is 26.3 Å². The van der Waals surface area contributed by atoms with Gasteiger partial charge in [0.2, 0.25) is 0 Å². The number of hydrogen-bond acceptors (Lipinski definition) is 2. The Morgan fingerprint density at radius 2 is 2.14 bits per heavy atom. The number of benzene rings is 1. The van der Waals surface area contributed by atoms with Crippen molar-refractivity contribution in [2.45, 2.75) is 13.5 Å². The fraction of sp³-hybridized carbons (Fsp3) is 0.364. The molecule has 1 aromatic rings. The second-order valence-electron chi connectivity index (χ2n) is 3.09. The Balaban J connectivity index is 2.39. The molecule has 0 saturated heterocycles. The van der Waals surface area contributed by atoms with Crippen LogP contribution >= 0.6 is 22.6 Å². The lowest BCUT2D eigenvalue weighted by molar-refractivity contribution is -0.121. The highest BCUT2D eigenvalue weighted by molar-refractivity contribution is 14.1. The average molecular weight is 304 g/mol. The molecule has 0 saturated carbocycles. The molecule has 0 bridgehead atoms. The molecule has 0 aromatic heterocycles. The van der Waals surface area contributed by atoms with Gasteiger partial charge >= 0.3 is 0 Å². The molecule has 0 atom stereocenters. The van der Waals surface area contributed by atoms with E-state index in [1.165, 1.54) is 5.56 Å². The molecule has 0 radical (unpaired) electrons.